The predicted octanol–water partition coefficient (Wildman–Crippen LogP) is 3.27. The van der Waals surface area contributed by atoms with E-state index in [1.165, 1.54) is 18.2 Å². The first-order valence-corrected chi connectivity index (χ1v) is 8.55. The summed E-state index contributed by atoms with van der Waals surface area (Å²) >= 11 is 0. The number of halogens is 5. The number of nitrogens with zero attached hydrogens (tertiary/aromatic N) is 1. The van der Waals surface area contributed by atoms with Gasteiger partial charge in [0, 0.05) is 30.9 Å². The number of carbonyl (C=O) groups excluding carboxylic acids is 1. The molecule has 3 rings (SSSR count). The van der Waals surface area contributed by atoms with Crippen LogP contribution in [0, 0.1) is 0 Å². The lowest BCUT2D eigenvalue weighted by Gasteiger charge is -2.25. The zero-order valence-electron chi connectivity index (χ0n) is 14.6. The summed E-state index contributed by atoms with van der Waals surface area (Å²) in [6.07, 6.45) is -0.944. The Kier molecular flexibility index (Phi) is 8.98. The van der Waals surface area contributed by atoms with E-state index < -0.39 is 6.36 Å². The third-order valence-electron chi connectivity index (χ3n) is 4.58. The van der Waals surface area contributed by atoms with Gasteiger partial charge in [-0.3, -0.25) is 4.79 Å². The molecule has 0 radical (unpaired) electrons. The average Bonchev–Trinajstić information content (AvgIpc) is 3.03. The summed E-state index contributed by atoms with van der Waals surface area (Å²) in [7, 11) is 0. The van der Waals surface area contributed by atoms with E-state index in [2.05, 4.69) is 15.4 Å². The quantitative estimate of drug-likeness (QED) is 0.770. The number of ether oxygens (including phenoxy) is 1. The number of anilines is 1. The Hall–Kier alpha value is -1.38. The Morgan fingerprint density at radius 3 is 2.67 bits per heavy atom. The molecule has 2 aliphatic rings. The van der Waals surface area contributed by atoms with Crippen LogP contribution in [0.2, 0.25) is 0 Å². The summed E-state index contributed by atoms with van der Waals surface area (Å²) in [5.41, 5.74) is 0.661. The van der Waals surface area contributed by atoms with Gasteiger partial charge in [0.05, 0.1) is 6.04 Å². The van der Waals surface area contributed by atoms with Crippen LogP contribution in [0.3, 0.4) is 0 Å². The van der Waals surface area contributed by atoms with E-state index in [1.807, 2.05) is 4.90 Å². The Morgan fingerprint density at radius 2 is 2.00 bits per heavy atom. The van der Waals surface area contributed by atoms with Crippen LogP contribution >= 0.6 is 24.8 Å². The zero-order chi connectivity index (χ0) is 17.9. The molecule has 0 bridgehead atoms. The van der Waals surface area contributed by atoms with Crippen LogP contribution in [-0.2, 0) is 4.79 Å². The molecule has 2 fully saturated rings. The van der Waals surface area contributed by atoms with Gasteiger partial charge in [-0.15, -0.1) is 38.0 Å². The second kappa shape index (κ2) is 10.2. The van der Waals surface area contributed by atoms with Crippen LogP contribution in [0.1, 0.15) is 25.7 Å². The third kappa shape index (κ3) is 6.93. The molecular formula is C17H24Cl2F3N3O2. The maximum absolute atomic E-state index is 12.3. The van der Waals surface area contributed by atoms with E-state index in [1.54, 1.807) is 6.07 Å². The van der Waals surface area contributed by atoms with Crippen molar-refractivity contribution in [2.75, 3.05) is 24.5 Å². The van der Waals surface area contributed by atoms with Crippen molar-refractivity contribution in [3.63, 3.8) is 0 Å². The molecule has 1 amide bonds. The van der Waals surface area contributed by atoms with E-state index >= 15 is 0 Å². The molecule has 2 saturated heterocycles. The highest BCUT2D eigenvalue weighted by atomic mass is 35.5. The van der Waals surface area contributed by atoms with Crippen LogP contribution in [0.4, 0.5) is 18.9 Å². The van der Waals surface area contributed by atoms with E-state index in [4.69, 9.17) is 0 Å². The molecule has 0 aliphatic carbocycles. The van der Waals surface area contributed by atoms with Crippen LogP contribution in [0.15, 0.2) is 24.3 Å². The number of hydrogen-bond donors (Lipinski definition) is 2. The highest BCUT2D eigenvalue weighted by Crippen LogP contribution is 2.28. The number of rotatable bonds is 4. The Balaban J connectivity index is 0.00000182. The molecule has 1 aromatic rings. The zero-order valence-corrected chi connectivity index (χ0v) is 16.3. The minimum absolute atomic E-state index is 0. The van der Waals surface area contributed by atoms with Gasteiger partial charge >= 0.3 is 6.36 Å². The number of nitrogens with one attached hydrogen (secondary N) is 2. The number of carbonyl (C=O) groups is 1. The lowest BCUT2D eigenvalue weighted by atomic mass is 10.0. The molecule has 2 heterocycles. The minimum atomic E-state index is -4.70. The molecule has 2 aliphatic heterocycles. The minimum Gasteiger partial charge on any atom is -0.406 e. The van der Waals surface area contributed by atoms with Crippen molar-refractivity contribution in [1.82, 2.24) is 10.6 Å². The number of piperidine rings is 1. The summed E-state index contributed by atoms with van der Waals surface area (Å²) in [5, 5.41) is 6.26. The van der Waals surface area contributed by atoms with Crippen LogP contribution in [0.25, 0.3) is 0 Å². The fraction of sp³-hybridized carbons (Fsp3) is 0.588. The van der Waals surface area contributed by atoms with Crippen LogP contribution in [0.5, 0.6) is 5.75 Å². The van der Waals surface area contributed by atoms with Gasteiger partial charge < -0.3 is 20.3 Å². The van der Waals surface area contributed by atoms with Gasteiger partial charge in [-0.05, 0) is 37.9 Å². The van der Waals surface area contributed by atoms with Crippen molar-refractivity contribution in [2.24, 2.45) is 0 Å². The molecule has 1 aromatic carbocycles. The summed E-state index contributed by atoms with van der Waals surface area (Å²) in [5.74, 6) is -0.218. The van der Waals surface area contributed by atoms with Gasteiger partial charge in [0.15, 0.2) is 0 Å². The van der Waals surface area contributed by atoms with E-state index in [0.717, 1.165) is 32.2 Å². The Bertz CT molecular complexity index is 613. The van der Waals surface area contributed by atoms with Crippen molar-refractivity contribution < 1.29 is 22.7 Å². The summed E-state index contributed by atoms with van der Waals surface area (Å²) in [6, 6.07) is 5.81. The molecule has 2 N–H and O–H groups in total. The van der Waals surface area contributed by atoms with Gasteiger partial charge in [-0.25, -0.2) is 0 Å². The average molecular weight is 430 g/mol. The van der Waals surface area contributed by atoms with Gasteiger partial charge in [0.2, 0.25) is 5.91 Å². The molecule has 0 spiro atoms. The molecule has 154 valence electrons. The number of alkyl halides is 3. The predicted molar refractivity (Wildman–Crippen MR) is 102 cm³/mol. The van der Waals surface area contributed by atoms with Crippen molar-refractivity contribution in [2.45, 2.75) is 44.1 Å². The molecular weight excluding hydrogens is 406 g/mol. The summed E-state index contributed by atoms with van der Waals surface area (Å²) in [4.78, 5) is 14.2. The summed E-state index contributed by atoms with van der Waals surface area (Å²) in [6.45, 7) is 2.12. The molecule has 1 unspecified atom stereocenters. The first kappa shape index (κ1) is 23.7. The maximum Gasteiger partial charge on any atom is 0.573 e. The third-order valence-corrected chi connectivity index (χ3v) is 4.58. The normalized spacial score (nSPS) is 22.4. The number of amides is 1. The van der Waals surface area contributed by atoms with Gasteiger partial charge in [-0.2, -0.15) is 0 Å². The van der Waals surface area contributed by atoms with E-state index in [9.17, 15) is 18.0 Å². The highest BCUT2D eigenvalue weighted by Gasteiger charge is 2.32. The molecule has 27 heavy (non-hydrogen) atoms. The first-order chi connectivity index (χ1) is 11.9. The van der Waals surface area contributed by atoms with E-state index in [0.29, 0.717) is 18.8 Å². The monoisotopic (exact) mass is 429 g/mol. The van der Waals surface area contributed by atoms with Crippen LogP contribution in [-0.4, -0.2) is 44.0 Å². The second-order valence-corrected chi connectivity index (χ2v) is 6.49. The number of hydrogen-bond acceptors (Lipinski definition) is 4. The standard InChI is InChI=1S/C17H22F3N3O2.2ClH/c18-17(19,20)25-14-5-3-4-13(10-14)23-9-7-12(11-23)22-16(24)15-6-1-2-8-21-15;;/h3-5,10,12,15,21H,1-2,6-9,11H2,(H,22,24);2*1H/t12?,15-;;/m1../s1. The van der Waals surface area contributed by atoms with Crippen molar-refractivity contribution >= 4 is 36.4 Å². The van der Waals surface area contributed by atoms with Gasteiger partial charge in [0.1, 0.15) is 5.75 Å². The Morgan fingerprint density at radius 1 is 1.22 bits per heavy atom. The van der Waals surface area contributed by atoms with Crippen molar-refractivity contribution in [3.05, 3.63) is 24.3 Å². The molecule has 5 nitrogen and oxygen atoms in total. The second-order valence-electron chi connectivity index (χ2n) is 6.49. The molecule has 10 heteroatoms. The SMILES string of the molecule is Cl.Cl.O=C(NC1CCN(c2cccc(OC(F)(F)F)c2)C1)[C@H]1CCCCN1. The lowest BCUT2D eigenvalue weighted by molar-refractivity contribution is -0.274. The molecule has 0 aromatic heterocycles. The summed E-state index contributed by atoms with van der Waals surface area (Å²) < 4.78 is 41.0. The van der Waals surface area contributed by atoms with Crippen molar-refractivity contribution in [3.8, 4) is 5.75 Å². The maximum atomic E-state index is 12.3. The molecule has 2 atom stereocenters. The highest BCUT2D eigenvalue weighted by molar-refractivity contribution is 5.85. The lowest BCUT2D eigenvalue weighted by Crippen LogP contribution is -2.50. The smallest absolute Gasteiger partial charge is 0.406 e. The number of benzene rings is 1. The van der Waals surface area contributed by atoms with Crippen molar-refractivity contribution in [1.29, 1.82) is 0 Å². The largest absolute Gasteiger partial charge is 0.573 e. The van der Waals surface area contributed by atoms with E-state index in [-0.39, 0.29) is 48.6 Å². The molecule has 0 saturated carbocycles. The van der Waals surface area contributed by atoms with Crippen LogP contribution < -0.4 is 20.3 Å². The fourth-order valence-corrected chi connectivity index (χ4v) is 3.37. The fourth-order valence-electron chi connectivity index (χ4n) is 3.37. The van der Waals surface area contributed by atoms with Gasteiger partial charge in [-0.1, -0.05) is 12.5 Å². The topological polar surface area (TPSA) is 53.6 Å². The van der Waals surface area contributed by atoms with Gasteiger partial charge in [0.25, 0.3) is 0 Å². The first-order valence-electron chi connectivity index (χ1n) is 8.55. The Labute approximate surface area is 168 Å².